The molecule has 1 saturated carbocycles. The van der Waals surface area contributed by atoms with Crippen molar-refractivity contribution >= 4 is 5.84 Å². The summed E-state index contributed by atoms with van der Waals surface area (Å²) in [6.45, 7) is 4.18. The lowest BCUT2D eigenvalue weighted by Crippen LogP contribution is -2.24. The van der Waals surface area contributed by atoms with Gasteiger partial charge in [0, 0.05) is 12.7 Å². The van der Waals surface area contributed by atoms with Crippen LogP contribution in [-0.4, -0.2) is 22.6 Å². The Kier molecular flexibility index (Phi) is 4.74. The fourth-order valence-electron chi connectivity index (χ4n) is 2.70. The zero-order chi connectivity index (χ0) is 13.7. The summed E-state index contributed by atoms with van der Waals surface area (Å²) in [7, 11) is 0. The number of pyridine rings is 1. The van der Waals surface area contributed by atoms with Crippen molar-refractivity contribution in [2.75, 3.05) is 6.54 Å². The third-order valence-corrected chi connectivity index (χ3v) is 3.97. The normalized spacial score (nSPS) is 23.7. The van der Waals surface area contributed by atoms with Crippen LogP contribution in [0.2, 0.25) is 0 Å². The van der Waals surface area contributed by atoms with Gasteiger partial charge in [-0.25, -0.2) is 0 Å². The molecule has 1 heterocycles. The molecule has 19 heavy (non-hydrogen) atoms. The summed E-state index contributed by atoms with van der Waals surface area (Å²) in [5.74, 6) is 1.68. The molecule has 1 fully saturated rings. The van der Waals surface area contributed by atoms with Crippen LogP contribution in [0.3, 0.4) is 0 Å². The lowest BCUT2D eigenvalue weighted by atomic mass is 9.98. The van der Waals surface area contributed by atoms with Crippen molar-refractivity contribution < 1.29 is 5.21 Å². The average molecular weight is 262 g/mol. The Morgan fingerprint density at radius 2 is 2.42 bits per heavy atom. The summed E-state index contributed by atoms with van der Waals surface area (Å²) in [4.78, 5) is 4.06. The number of amidine groups is 1. The molecule has 0 radical (unpaired) electrons. The maximum absolute atomic E-state index is 8.64. The van der Waals surface area contributed by atoms with Gasteiger partial charge in [-0.1, -0.05) is 24.9 Å². The quantitative estimate of drug-likeness (QED) is 0.326. The first-order chi connectivity index (χ1) is 9.20. The highest BCUT2D eigenvalue weighted by Crippen LogP contribution is 2.30. The van der Waals surface area contributed by atoms with Gasteiger partial charge in [0.1, 0.15) is 5.69 Å². The SMILES string of the molecule is CC1CCCC1CNCc1ccnc(/C(N)=N/O)c1. The van der Waals surface area contributed by atoms with Gasteiger partial charge in [0.15, 0.2) is 5.84 Å². The van der Waals surface area contributed by atoms with Crippen LogP contribution in [0.4, 0.5) is 0 Å². The molecule has 0 aromatic carbocycles. The smallest absolute Gasteiger partial charge is 0.188 e. The number of nitrogens with two attached hydrogens (primary N) is 1. The minimum Gasteiger partial charge on any atom is -0.409 e. The van der Waals surface area contributed by atoms with E-state index in [4.69, 9.17) is 10.9 Å². The van der Waals surface area contributed by atoms with Crippen molar-refractivity contribution in [3.05, 3.63) is 29.6 Å². The Bertz CT molecular complexity index is 447. The highest BCUT2D eigenvalue weighted by atomic mass is 16.4. The van der Waals surface area contributed by atoms with Gasteiger partial charge in [-0.2, -0.15) is 0 Å². The average Bonchev–Trinajstić information content (AvgIpc) is 2.84. The molecular formula is C14H22N4O. The van der Waals surface area contributed by atoms with Crippen LogP contribution in [0.5, 0.6) is 0 Å². The van der Waals surface area contributed by atoms with Gasteiger partial charge >= 0.3 is 0 Å². The van der Waals surface area contributed by atoms with E-state index >= 15 is 0 Å². The number of hydrogen-bond donors (Lipinski definition) is 3. The van der Waals surface area contributed by atoms with Crippen LogP contribution in [0.1, 0.15) is 37.4 Å². The van der Waals surface area contributed by atoms with Gasteiger partial charge in [0.05, 0.1) is 0 Å². The Hall–Kier alpha value is -1.62. The lowest BCUT2D eigenvalue weighted by Gasteiger charge is -2.16. The van der Waals surface area contributed by atoms with Gasteiger partial charge < -0.3 is 16.3 Å². The van der Waals surface area contributed by atoms with Crippen molar-refractivity contribution in [1.82, 2.24) is 10.3 Å². The van der Waals surface area contributed by atoms with Crippen LogP contribution in [-0.2, 0) is 6.54 Å². The van der Waals surface area contributed by atoms with Gasteiger partial charge in [0.25, 0.3) is 0 Å². The Labute approximate surface area is 113 Å². The topological polar surface area (TPSA) is 83.5 Å². The summed E-state index contributed by atoms with van der Waals surface area (Å²) >= 11 is 0. The molecule has 5 heteroatoms. The molecular weight excluding hydrogens is 240 g/mol. The molecule has 0 amide bonds. The summed E-state index contributed by atoms with van der Waals surface area (Å²) in [5, 5.41) is 15.1. The zero-order valence-electron chi connectivity index (χ0n) is 11.3. The van der Waals surface area contributed by atoms with E-state index in [2.05, 4.69) is 22.4 Å². The maximum Gasteiger partial charge on any atom is 0.188 e. The molecule has 1 aromatic heterocycles. The number of hydrogen-bond acceptors (Lipinski definition) is 4. The number of aromatic nitrogens is 1. The highest BCUT2D eigenvalue weighted by Gasteiger charge is 2.22. The number of nitrogens with one attached hydrogen (secondary N) is 1. The molecule has 0 spiro atoms. The second-order valence-electron chi connectivity index (χ2n) is 5.33. The fourth-order valence-corrected chi connectivity index (χ4v) is 2.70. The molecule has 1 aliphatic rings. The van der Waals surface area contributed by atoms with E-state index in [1.54, 1.807) is 6.20 Å². The molecule has 0 aliphatic heterocycles. The molecule has 2 rings (SSSR count). The number of rotatable bonds is 5. The predicted molar refractivity (Wildman–Crippen MR) is 75.0 cm³/mol. The standard InChI is InChI=1S/C14H22N4O/c1-10-3-2-4-12(10)9-16-8-11-5-6-17-13(7-11)14(15)18-19/h5-7,10,12,16,19H,2-4,8-9H2,1H3,(H2,15,18). The molecule has 2 atom stereocenters. The molecule has 5 nitrogen and oxygen atoms in total. The Balaban J connectivity index is 1.86. The van der Waals surface area contributed by atoms with Crippen molar-refractivity contribution in [3.63, 3.8) is 0 Å². The molecule has 1 aromatic rings. The summed E-state index contributed by atoms with van der Waals surface area (Å²) in [6.07, 6.45) is 5.73. The van der Waals surface area contributed by atoms with Crippen molar-refractivity contribution in [2.45, 2.75) is 32.7 Å². The van der Waals surface area contributed by atoms with E-state index < -0.39 is 0 Å². The van der Waals surface area contributed by atoms with Crippen LogP contribution in [0, 0.1) is 11.8 Å². The Morgan fingerprint density at radius 3 is 3.11 bits per heavy atom. The largest absolute Gasteiger partial charge is 0.409 e. The fraction of sp³-hybridized carbons (Fsp3) is 0.571. The highest BCUT2D eigenvalue weighted by molar-refractivity contribution is 5.95. The van der Waals surface area contributed by atoms with Gasteiger partial charge in [0.2, 0.25) is 0 Å². The summed E-state index contributed by atoms with van der Waals surface area (Å²) in [6, 6.07) is 3.79. The third-order valence-electron chi connectivity index (χ3n) is 3.97. The first kappa shape index (κ1) is 13.8. The summed E-state index contributed by atoms with van der Waals surface area (Å²) in [5.41, 5.74) is 7.14. The van der Waals surface area contributed by atoms with Crippen LogP contribution in [0.15, 0.2) is 23.5 Å². The second kappa shape index (κ2) is 6.52. The monoisotopic (exact) mass is 262 g/mol. The number of oxime groups is 1. The van der Waals surface area contributed by atoms with Crippen molar-refractivity contribution in [3.8, 4) is 0 Å². The molecule has 2 unspecified atom stereocenters. The molecule has 104 valence electrons. The van der Waals surface area contributed by atoms with E-state index in [0.29, 0.717) is 5.69 Å². The predicted octanol–water partition coefficient (Wildman–Crippen LogP) is 1.70. The van der Waals surface area contributed by atoms with E-state index in [-0.39, 0.29) is 5.84 Å². The van der Waals surface area contributed by atoms with Crippen LogP contribution < -0.4 is 11.1 Å². The lowest BCUT2D eigenvalue weighted by molar-refractivity contribution is 0.318. The first-order valence-electron chi connectivity index (χ1n) is 6.84. The third kappa shape index (κ3) is 3.67. The van der Waals surface area contributed by atoms with Gasteiger partial charge in [-0.05, 0) is 42.5 Å². The van der Waals surface area contributed by atoms with E-state index in [0.717, 1.165) is 30.5 Å². The first-order valence-corrected chi connectivity index (χ1v) is 6.84. The van der Waals surface area contributed by atoms with Gasteiger partial charge in [-0.15, -0.1) is 0 Å². The van der Waals surface area contributed by atoms with E-state index in [9.17, 15) is 0 Å². The molecule has 1 aliphatic carbocycles. The zero-order valence-corrected chi connectivity index (χ0v) is 11.3. The van der Waals surface area contributed by atoms with Crippen molar-refractivity contribution in [2.24, 2.45) is 22.7 Å². The Morgan fingerprint density at radius 1 is 1.58 bits per heavy atom. The molecule has 4 N–H and O–H groups in total. The van der Waals surface area contributed by atoms with Gasteiger partial charge in [-0.3, -0.25) is 4.98 Å². The molecule has 0 bridgehead atoms. The van der Waals surface area contributed by atoms with E-state index in [1.807, 2.05) is 12.1 Å². The maximum atomic E-state index is 8.64. The molecule has 0 saturated heterocycles. The van der Waals surface area contributed by atoms with Crippen LogP contribution in [0.25, 0.3) is 0 Å². The minimum absolute atomic E-state index is 0.0475. The minimum atomic E-state index is 0.0475. The second-order valence-corrected chi connectivity index (χ2v) is 5.33. The summed E-state index contributed by atoms with van der Waals surface area (Å²) < 4.78 is 0. The van der Waals surface area contributed by atoms with E-state index in [1.165, 1.54) is 19.3 Å². The number of nitrogens with zero attached hydrogens (tertiary/aromatic N) is 2. The van der Waals surface area contributed by atoms with Crippen LogP contribution >= 0.6 is 0 Å². The van der Waals surface area contributed by atoms with Crippen molar-refractivity contribution in [1.29, 1.82) is 0 Å².